The molecule has 0 amide bonds. The molecule has 0 fully saturated rings. The van der Waals surface area contributed by atoms with E-state index in [-0.39, 0.29) is 6.61 Å². The summed E-state index contributed by atoms with van der Waals surface area (Å²) in [5.74, 6) is 1.33. The number of aromatic nitrogens is 2. The van der Waals surface area contributed by atoms with E-state index in [0.29, 0.717) is 11.5 Å². The molecule has 2 rings (SSSR count). The van der Waals surface area contributed by atoms with Gasteiger partial charge in [0.25, 0.3) is 0 Å². The van der Waals surface area contributed by atoms with Gasteiger partial charge in [-0.3, -0.25) is 4.68 Å². The molecule has 0 spiro atoms. The first-order chi connectivity index (χ1) is 8.71. The molecule has 5 nitrogen and oxygen atoms in total. The first-order valence-corrected chi connectivity index (χ1v) is 5.55. The van der Waals surface area contributed by atoms with Crippen LogP contribution in [0.5, 0.6) is 11.5 Å². The van der Waals surface area contributed by atoms with Crippen LogP contribution >= 0.6 is 0 Å². The zero-order valence-corrected chi connectivity index (χ0v) is 10.7. The van der Waals surface area contributed by atoms with Crippen LogP contribution < -0.4 is 9.47 Å². The number of aliphatic hydroxyl groups excluding tert-OH is 1. The highest BCUT2D eigenvalue weighted by molar-refractivity contribution is 5.68. The maximum Gasteiger partial charge on any atom is 0.161 e. The van der Waals surface area contributed by atoms with Crippen molar-refractivity contribution in [3.8, 4) is 22.6 Å². The molecule has 1 aromatic carbocycles. The molecule has 0 aliphatic rings. The van der Waals surface area contributed by atoms with Crippen LogP contribution in [-0.4, -0.2) is 29.1 Å². The van der Waals surface area contributed by atoms with Crippen LogP contribution in [0.4, 0.5) is 0 Å². The van der Waals surface area contributed by atoms with Crippen LogP contribution in [0.25, 0.3) is 11.1 Å². The highest BCUT2D eigenvalue weighted by Crippen LogP contribution is 2.33. The van der Waals surface area contributed by atoms with Crippen molar-refractivity contribution < 1.29 is 14.6 Å². The molecule has 0 radical (unpaired) electrons. The van der Waals surface area contributed by atoms with Crippen LogP contribution in [0.15, 0.2) is 24.4 Å². The van der Waals surface area contributed by atoms with E-state index in [1.807, 2.05) is 18.2 Å². The third kappa shape index (κ3) is 2.04. The maximum atomic E-state index is 9.36. The highest BCUT2D eigenvalue weighted by Gasteiger charge is 2.12. The number of nitrogens with zero attached hydrogens (tertiary/aromatic N) is 2. The van der Waals surface area contributed by atoms with Gasteiger partial charge in [0.05, 0.1) is 32.7 Å². The molecule has 1 heterocycles. The van der Waals surface area contributed by atoms with E-state index < -0.39 is 0 Å². The Morgan fingerprint density at radius 3 is 2.56 bits per heavy atom. The van der Waals surface area contributed by atoms with Gasteiger partial charge in [0.2, 0.25) is 0 Å². The standard InChI is InChI=1S/C13H16N2O3/c1-15-11(8-16)10(7-14-15)9-4-5-12(17-2)13(6-9)18-3/h4-7,16H,8H2,1-3H3. The van der Waals surface area contributed by atoms with Gasteiger partial charge < -0.3 is 14.6 Å². The number of aliphatic hydroxyl groups is 1. The smallest absolute Gasteiger partial charge is 0.161 e. The minimum Gasteiger partial charge on any atom is -0.493 e. The fraction of sp³-hybridized carbons (Fsp3) is 0.308. The summed E-state index contributed by atoms with van der Waals surface area (Å²) >= 11 is 0. The van der Waals surface area contributed by atoms with E-state index >= 15 is 0 Å². The Balaban J connectivity index is 2.50. The average molecular weight is 248 g/mol. The number of benzene rings is 1. The molecule has 18 heavy (non-hydrogen) atoms. The largest absolute Gasteiger partial charge is 0.493 e. The zero-order chi connectivity index (χ0) is 13.1. The second-order valence-corrected chi connectivity index (χ2v) is 3.86. The van der Waals surface area contributed by atoms with Gasteiger partial charge >= 0.3 is 0 Å². The molecular formula is C13H16N2O3. The first kappa shape index (κ1) is 12.4. The Morgan fingerprint density at radius 1 is 1.22 bits per heavy atom. The predicted molar refractivity (Wildman–Crippen MR) is 67.7 cm³/mol. The number of hydrogen-bond acceptors (Lipinski definition) is 4. The van der Waals surface area contributed by atoms with E-state index in [2.05, 4.69) is 5.10 Å². The fourth-order valence-corrected chi connectivity index (χ4v) is 1.90. The topological polar surface area (TPSA) is 56.5 Å². The lowest BCUT2D eigenvalue weighted by atomic mass is 10.1. The fourth-order valence-electron chi connectivity index (χ4n) is 1.90. The third-order valence-electron chi connectivity index (χ3n) is 2.91. The van der Waals surface area contributed by atoms with Crippen LogP contribution in [0.1, 0.15) is 5.69 Å². The van der Waals surface area contributed by atoms with E-state index in [4.69, 9.17) is 9.47 Å². The minimum absolute atomic E-state index is 0.0554. The van der Waals surface area contributed by atoms with Crippen molar-refractivity contribution in [2.45, 2.75) is 6.61 Å². The molecule has 0 aliphatic heterocycles. The van der Waals surface area contributed by atoms with Gasteiger partial charge in [0, 0.05) is 12.6 Å². The summed E-state index contributed by atoms with van der Waals surface area (Å²) in [7, 11) is 4.99. The number of hydrogen-bond donors (Lipinski definition) is 1. The normalized spacial score (nSPS) is 10.4. The first-order valence-electron chi connectivity index (χ1n) is 5.55. The van der Waals surface area contributed by atoms with Crippen molar-refractivity contribution in [1.29, 1.82) is 0 Å². The number of methoxy groups -OCH3 is 2. The molecule has 96 valence electrons. The average Bonchev–Trinajstić information content (AvgIpc) is 2.78. The van der Waals surface area contributed by atoms with Crippen LogP contribution in [0.2, 0.25) is 0 Å². The lowest BCUT2D eigenvalue weighted by molar-refractivity contribution is 0.271. The lowest BCUT2D eigenvalue weighted by Crippen LogP contribution is -1.98. The van der Waals surface area contributed by atoms with E-state index in [1.54, 1.807) is 32.1 Å². The second kappa shape index (κ2) is 5.10. The van der Waals surface area contributed by atoms with Gasteiger partial charge in [-0.05, 0) is 17.7 Å². The Bertz CT molecular complexity index is 549. The molecule has 0 aliphatic carbocycles. The van der Waals surface area contributed by atoms with Crippen LogP contribution in [0.3, 0.4) is 0 Å². The molecule has 0 atom stereocenters. The number of aryl methyl sites for hydroxylation is 1. The van der Waals surface area contributed by atoms with Crippen molar-refractivity contribution in [2.24, 2.45) is 7.05 Å². The van der Waals surface area contributed by atoms with Gasteiger partial charge in [-0.1, -0.05) is 6.07 Å². The monoisotopic (exact) mass is 248 g/mol. The van der Waals surface area contributed by atoms with Crippen molar-refractivity contribution in [2.75, 3.05) is 14.2 Å². The van der Waals surface area contributed by atoms with Crippen molar-refractivity contribution in [3.05, 3.63) is 30.1 Å². The maximum absolute atomic E-state index is 9.36. The summed E-state index contributed by atoms with van der Waals surface area (Å²) in [5.41, 5.74) is 2.59. The van der Waals surface area contributed by atoms with Crippen molar-refractivity contribution >= 4 is 0 Å². The summed E-state index contributed by atoms with van der Waals surface area (Å²) in [6, 6.07) is 5.62. The lowest BCUT2D eigenvalue weighted by Gasteiger charge is -2.09. The van der Waals surface area contributed by atoms with E-state index in [9.17, 15) is 5.11 Å². The van der Waals surface area contributed by atoms with Gasteiger partial charge in [-0.25, -0.2) is 0 Å². The number of ether oxygens (including phenoxy) is 2. The van der Waals surface area contributed by atoms with E-state index in [0.717, 1.165) is 16.8 Å². The third-order valence-corrected chi connectivity index (χ3v) is 2.91. The van der Waals surface area contributed by atoms with Crippen LogP contribution in [0, 0.1) is 0 Å². The van der Waals surface area contributed by atoms with Crippen LogP contribution in [-0.2, 0) is 13.7 Å². The van der Waals surface area contributed by atoms with Crippen molar-refractivity contribution in [3.63, 3.8) is 0 Å². The van der Waals surface area contributed by atoms with Gasteiger partial charge in [-0.2, -0.15) is 5.10 Å². The van der Waals surface area contributed by atoms with E-state index in [1.165, 1.54) is 0 Å². The van der Waals surface area contributed by atoms with Crippen molar-refractivity contribution in [1.82, 2.24) is 9.78 Å². The summed E-state index contributed by atoms with van der Waals surface area (Å²) < 4.78 is 12.1. The molecule has 1 N–H and O–H groups in total. The minimum atomic E-state index is -0.0554. The Labute approximate surface area is 106 Å². The quantitative estimate of drug-likeness (QED) is 0.892. The van der Waals surface area contributed by atoms with Gasteiger partial charge in [-0.15, -0.1) is 0 Å². The highest BCUT2D eigenvalue weighted by atomic mass is 16.5. The molecule has 0 bridgehead atoms. The Hall–Kier alpha value is -2.01. The second-order valence-electron chi connectivity index (χ2n) is 3.86. The summed E-state index contributed by atoms with van der Waals surface area (Å²) in [6.07, 6.45) is 1.73. The predicted octanol–water partition coefficient (Wildman–Crippen LogP) is 1.60. The summed E-state index contributed by atoms with van der Waals surface area (Å²) in [4.78, 5) is 0. The molecule has 0 saturated carbocycles. The molecular weight excluding hydrogens is 232 g/mol. The molecule has 5 heteroatoms. The number of rotatable bonds is 4. The summed E-state index contributed by atoms with van der Waals surface area (Å²) in [6.45, 7) is -0.0554. The Kier molecular flexibility index (Phi) is 3.53. The molecule has 0 saturated heterocycles. The van der Waals surface area contributed by atoms with Gasteiger partial charge in [0.1, 0.15) is 0 Å². The molecule has 0 unspecified atom stereocenters. The summed E-state index contributed by atoms with van der Waals surface area (Å²) in [5, 5.41) is 13.5. The van der Waals surface area contributed by atoms with Gasteiger partial charge in [0.15, 0.2) is 11.5 Å². The molecule has 1 aromatic heterocycles. The molecule has 2 aromatic rings. The SMILES string of the molecule is COc1ccc(-c2cnn(C)c2CO)cc1OC. The Morgan fingerprint density at radius 2 is 1.94 bits per heavy atom. The zero-order valence-electron chi connectivity index (χ0n) is 10.7.